The minimum atomic E-state index is -0.638. The minimum Gasteiger partial charge on any atom is -0.496 e. The smallest absolute Gasteiger partial charge is 0.124 e. The van der Waals surface area contributed by atoms with Gasteiger partial charge in [0, 0.05) is 12.7 Å². The summed E-state index contributed by atoms with van der Waals surface area (Å²) in [5.41, 5.74) is 0.350. The zero-order chi connectivity index (χ0) is 13.9. The van der Waals surface area contributed by atoms with E-state index < -0.39 is 11.7 Å². The zero-order valence-corrected chi connectivity index (χ0v) is 12.1. The third-order valence-corrected chi connectivity index (χ3v) is 4.46. The van der Waals surface area contributed by atoms with E-state index in [9.17, 15) is 5.11 Å². The molecule has 0 saturated heterocycles. The molecular formula is C16H24O3. The Bertz CT molecular complexity index is 408. The van der Waals surface area contributed by atoms with Gasteiger partial charge in [0.15, 0.2) is 0 Å². The maximum Gasteiger partial charge on any atom is 0.124 e. The molecule has 1 aromatic carbocycles. The van der Waals surface area contributed by atoms with Crippen LogP contribution in [0, 0.1) is 5.92 Å². The SMILES string of the molecule is COc1ccccc1C(O)C1(OC)CCC(C)CC1. The lowest BCUT2D eigenvalue weighted by Crippen LogP contribution is -2.42. The van der Waals surface area contributed by atoms with Crippen molar-refractivity contribution in [3.05, 3.63) is 29.8 Å². The summed E-state index contributed by atoms with van der Waals surface area (Å²) in [7, 11) is 3.34. The van der Waals surface area contributed by atoms with Crippen LogP contribution in [0.25, 0.3) is 0 Å². The molecule has 2 rings (SSSR count). The predicted octanol–water partition coefficient (Wildman–Crippen LogP) is 3.32. The number of hydrogen-bond acceptors (Lipinski definition) is 3. The normalized spacial score (nSPS) is 28.9. The van der Waals surface area contributed by atoms with Crippen molar-refractivity contribution >= 4 is 0 Å². The number of ether oxygens (including phenoxy) is 2. The van der Waals surface area contributed by atoms with Crippen molar-refractivity contribution in [1.82, 2.24) is 0 Å². The molecule has 1 aromatic rings. The van der Waals surface area contributed by atoms with Crippen molar-refractivity contribution in [2.24, 2.45) is 5.92 Å². The largest absolute Gasteiger partial charge is 0.496 e. The van der Waals surface area contributed by atoms with E-state index in [-0.39, 0.29) is 0 Å². The Morgan fingerprint density at radius 1 is 1.21 bits per heavy atom. The summed E-state index contributed by atoms with van der Waals surface area (Å²) in [5, 5.41) is 10.8. The summed E-state index contributed by atoms with van der Waals surface area (Å²) in [6, 6.07) is 7.64. The van der Waals surface area contributed by atoms with Gasteiger partial charge in [-0.3, -0.25) is 0 Å². The van der Waals surface area contributed by atoms with Crippen LogP contribution in [0.3, 0.4) is 0 Å². The van der Waals surface area contributed by atoms with Gasteiger partial charge in [0.05, 0.1) is 12.7 Å². The second kappa shape index (κ2) is 5.93. The van der Waals surface area contributed by atoms with Gasteiger partial charge in [-0.25, -0.2) is 0 Å². The van der Waals surface area contributed by atoms with E-state index in [1.54, 1.807) is 14.2 Å². The number of aliphatic hydroxyl groups excluding tert-OH is 1. The number of benzene rings is 1. The van der Waals surface area contributed by atoms with Crippen molar-refractivity contribution in [3.63, 3.8) is 0 Å². The van der Waals surface area contributed by atoms with Crippen LogP contribution < -0.4 is 4.74 Å². The van der Waals surface area contributed by atoms with Crippen LogP contribution in [0.5, 0.6) is 5.75 Å². The Balaban J connectivity index is 2.27. The number of rotatable bonds is 4. The van der Waals surface area contributed by atoms with Gasteiger partial charge < -0.3 is 14.6 Å². The van der Waals surface area contributed by atoms with Crippen LogP contribution in [0.4, 0.5) is 0 Å². The van der Waals surface area contributed by atoms with Crippen LogP contribution in [-0.4, -0.2) is 24.9 Å². The number of hydrogen-bond donors (Lipinski definition) is 1. The molecule has 3 nitrogen and oxygen atoms in total. The number of para-hydroxylation sites is 1. The molecule has 0 aromatic heterocycles. The molecule has 1 saturated carbocycles. The molecule has 1 N–H and O–H groups in total. The third-order valence-electron chi connectivity index (χ3n) is 4.46. The molecule has 0 spiro atoms. The maximum absolute atomic E-state index is 10.8. The Labute approximate surface area is 115 Å². The van der Waals surface area contributed by atoms with Gasteiger partial charge in [0.2, 0.25) is 0 Å². The molecule has 1 atom stereocenters. The van der Waals surface area contributed by atoms with Crippen LogP contribution in [0.15, 0.2) is 24.3 Å². The molecule has 106 valence electrons. The van der Waals surface area contributed by atoms with Gasteiger partial charge in [-0.1, -0.05) is 25.1 Å². The van der Waals surface area contributed by atoms with Gasteiger partial charge in [-0.2, -0.15) is 0 Å². The van der Waals surface area contributed by atoms with E-state index in [1.165, 1.54) is 0 Å². The van der Waals surface area contributed by atoms with Crippen molar-refractivity contribution in [2.75, 3.05) is 14.2 Å². The number of methoxy groups -OCH3 is 2. The highest BCUT2D eigenvalue weighted by Gasteiger charge is 2.42. The van der Waals surface area contributed by atoms with Gasteiger partial charge in [-0.15, -0.1) is 0 Å². The highest BCUT2D eigenvalue weighted by atomic mass is 16.5. The molecule has 1 fully saturated rings. The predicted molar refractivity (Wildman–Crippen MR) is 75.3 cm³/mol. The van der Waals surface area contributed by atoms with Gasteiger partial charge in [0.1, 0.15) is 11.9 Å². The van der Waals surface area contributed by atoms with Crippen molar-refractivity contribution in [2.45, 2.75) is 44.3 Å². The lowest BCUT2D eigenvalue weighted by atomic mass is 9.74. The Hall–Kier alpha value is -1.06. The molecule has 0 amide bonds. The van der Waals surface area contributed by atoms with Gasteiger partial charge in [0.25, 0.3) is 0 Å². The molecule has 0 heterocycles. The fourth-order valence-corrected chi connectivity index (χ4v) is 3.02. The van der Waals surface area contributed by atoms with Gasteiger partial charge >= 0.3 is 0 Å². The molecule has 1 aliphatic carbocycles. The minimum absolute atomic E-state index is 0.471. The molecular weight excluding hydrogens is 240 g/mol. The summed E-state index contributed by atoms with van der Waals surface area (Å²) in [4.78, 5) is 0. The monoisotopic (exact) mass is 264 g/mol. The highest BCUT2D eigenvalue weighted by molar-refractivity contribution is 5.36. The molecule has 19 heavy (non-hydrogen) atoms. The lowest BCUT2D eigenvalue weighted by Gasteiger charge is -2.42. The second-order valence-electron chi connectivity index (χ2n) is 5.60. The quantitative estimate of drug-likeness (QED) is 0.906. The molecule has 0 radical (unpaired) electrons. The maximum atomic E-state index is 10.8. The van der Waals surface area contributed by atoms with Gasteiger partial charge in [-0.05, 0) is 37.7 Å². The Kier molecular flexibility index (Phi) is 4.48. The standard InChI is InChI=1S/C16H24O3/c1-12-8-10-16(19-3,11-9-12)15(17)13-6-4-5-7-14(13)18-2/h4-7,12,15,17H,8-11H2,1-3H3. The van der Waals surface area contributed by atoms with E-state index in [0.717, 1.165) is 37.0 Å². The average Bonchev–Trinajstić information content (AvgIpc) is 2.47. The van der Waals surface area contributed by atoms with Crippen LogP contribution in [0.1, 0.15) is 44.3 Å². The number of aliphatic hydroxyl groups is 1. The summed E-state index contributed by atoms with van der Waals surface area (Å²) in [6.07, 6.45) is 3.34. The fourth-order valence-electron chi connectivity index (χ4n) is 3.02. The molecule has 1 unspecified atom stereocenters. The third kappa shape index (κ3) is 2.77. The lowest BCUT2D eigenvalue weighted by molar-refractivity contribution is -0.130. The summed E-state index contributed by atoms with van der Waals surface area (Å²) < 4.78 is 11.1. The first-order valence-corrected chi connectivity index (χ1v) is 6.99. The van der Waals surface area contributed by atoms with E-state index in [4.69, 9.17) is 9.47 Å². The van der Waals surface area contributed by atoms with E-state index >= 15 is 0 Å². The first-order chi connectivity index (χ1) is 9.13. The zero-order valence-electron chi connectivity index (χ0n) is 12.1. The molecule has 3 heteroatoms. The molecule has 0 aliphatic heterocycles. The van der Waals surface area contributed by atoms with E-state index in [1.807, 2.05) is 24.3 Å². The van der Waals surface area contributed by atoms with Crippen molar-refractivity contribution < 1.29 is 14.6 Å². The molecule has 1 aliphatic rings. The van der Waals surface area contributed by atoms with Crippen LogP contribution >= 0.6 is 0 Å². The highest BCUT2D eigenvalue weighted by Crippen LogP contribution is 2.44. The van der Waals surface area contributed by atoms with Crippen LogP contribution in [0.2, 0.25) is 0 Å². The molecule has 0 bridgehead atoms. The first-order valence-electron chi connectivity index (χ1n) is 6.99. The Morgan fingerprint density at radius 3 is 2.42 bits per heavy atom. The fraction of sp³-hybridized carbons (Fsp3) is 0.625. The second-order valence-corrected chi connectivity index (χ2v) is 5.60. The first kappa shape index (κ1) is 14.4. The van der Waals surface area contributed by atoms with Crippen molar-refractivity contribution in [3.8, 4) is 5.75 Å². The van der Waals surface area contributed by atoms with Crippen LogP contribution in [-0.2, 0) is 4.74 Å². The summed E-state index contributed by atoms with van der Waals surface area (Å²) in [5.74, 6) is 1.44. The Morgan fingerprint density at radius 2 is 1.84 bits per heavy atom. The topological polar surface area (TPSA) is 38.7 Å². The average molecular weight is 264 g/mol. The summed E-state index contributed by atoms with van der Waals surface area (Å²) in [6.45, 7) is 2.26. The van der Waals surface area contributed by atoms with E-state index in [0.29, 0.717) is 5.92 Å². The van der Waals surface area contributed by atoms with Crippen molar-refractivity contribution in [1.29, 1.82) is 0 Å². The van der Waals surface area contributed by atoms with E-state index in [2.05, 4.69) is 6.92 Å². The summed E-state index contributed by atoms with van der Waals surface area (Å²) >= 11 is 0.